The summed E-state index contributed by atoms with van der Waals surface area (Å²) in [5, 5.41) is 0. The van der Waals surface area contributed by atoms with Gasteiger partial charge in [-0.15, -0.1) is 0 Å². The first-order valence-electron chi connectivity index (χ1n) is 3.52. The standard InChI is InChI=1S/C9H10N2O/c1-6-3-2-4-8(10)7(5-6)9(11)12/h2-3,5H,10H2,1H3,(H2,11,12). The lowest BCUT2D eigenvalue weighted by Gasteiger charge is -1.99. The smallest absolute Gasteiger partial charge is 0.251 e. The molecule has 0 saturated carbocycles. The highest BCUT2D eigenvalue weighted by atomic mass is 16.1. The highest BCUT2D eigenvalue weighted by molar-refractivity contribution is 5.96. The Morgan fingerprint density at radius 3 is 2.83 bits per heavy atom. The Bertz CT molecular complexity index is 342. The normalized spacial score (nSPS) is 15.9. The molecule has 4 N–H and O–H groups in total. The molecule has 0 aliphatic heterocycles. The molecule has 0 atom stereocenters. The van der Waals surface area contributed by atoms with Gasteiger partial charge in [0.1, 0.15) is 0 Å². The molecule has 0 unspecified atom stereocenters. The van der Waals surface area contributed by atoms with Crippen LogP contribution in [0.5, 0.6) is 0 Å². The zero-order chi connectivity index (χ0) is 9.14. The molecule has 1 aliphatic rings. The number of primary amides is 1. The summed E-state index contributed by atoms with van der Waals surface area (Å²) in [5.41, 5.74) is 14.9. The van der Waals surface area contributed by atoms with Crippen LogP contribution in [0.2, 0.25) is 0 Å². The molecule has 62 valence electrons. The van der Waals surface area contributed by atoms with Crippen molar-refractivity contribution in [1.82, 2.24) is 0 Å². The molecule has 1 rings (SSSR count). The minimum Gasteiger partial charge on any atom is -0.392 e. The molecular formula is C9H10N2O. The number of carbonyl (C=O) groups excluding carboxylic acids is 1. The summed E-state index contributed by atoms with van der Waals surface area (Å²) >= 11 is 0. The average molecular weight is 162 g/mol. The van der Waals surface area contributed by atoms with Gasteiger partial charge >= 0.3 is 0 Å². The Morgan fingerprint density at radius 1 is 1.58 bits per heavy atom. The summed E-state index contributed by atoms with van der Waals surface area (Å²) in [4.78, 5) is 10.8. The van der Waals surface area contributed by atoms with Gasteiger partial charge in [0.05, 0.1) is 11.3 Å². The Labute approximate surface area is 70.7 Å². The first-order chi connectivity index (χ1) is 5.61. The van der Waals surface area contributed by atoms with Gasteiger partial charge in [-0.25, -0.2) is 0 Å². The Balaban J connectivity index is 3.20. The lowest BCUT2D eigenvalue weighted by atomic mass is 10.1. The zero-order valence-electron chi connectivity index (χ0n) is 6.79. The van der Waals surface area contributed by atoms with E-state index < -0.39 is 5.91 Å². The molecule has 3 heteroatoms. The van der Waals surface area contributed by atoms with Crippen LogP contribution in [0.25, 0.3) is 0 Å². The van der Waals surface area contributed by atoms with Gasteiger partial charge in [0.2, 0.25) is 0 Å². The minimum absolute atomic E-state index is 0.288. The maximum absolute atomic E-state index is 10.8. The predicted octanol–water partition coefficient (Wildman–Crippen LogP) is 0.356. The van der Waals surface area contributed by atoms with Crippen LogP contribution in [0.4, 0.5) is 0 Å². The average Bonchev–Trinajstić information content (AvgIpc) is 2.13. The van der Waals surface area contributed by atoms with E-state index >= 15 is 0 Å². The molecule has 3 nitrogen and oxygen atoms in total. The van der Waals surface area contributed by atoms with E-state index in [1.807, 2.05) is 13.0 Å². The van der Waals surface area contributed by atoms with Crippen molar-refractivity contribution in [3.63, 3.8) is 0 Å². The van der Waals surface area contributed by atoms with E-state index in [9.17, 15) is 4.79 Å². The van der Waals surface area contributed by atoms with E-state index in [0.717, 1.165) is 5.57 Å². The van der Waals surface area contributed by atoms with E-state index in [1.165, 1.54) is 0 Å². The summed E-state index contributed by atoms with van der Waals surface area (Å²) in [6.07, 6.45) is 5.12. The van der Waals surface area contributed by atoms with E-state index in [4.69, 9.17) is 11.5 Å². The van der Waals surface area contributed by atoms with E-state index in [1.54, 1.807) is 12.2 Å². The second-order valence-electron chi connectivity index (χ2n) is 2.56. The van der Waals surface area contributed by atoms with Crippen LogP contribution < -0.4 is 11.5 Å². The van der Waals surface area contributed by atoms with Crippen molar-refractivity contribution in [2.75, 3.05) is 0 Å². The SMILES string of the molecule is CC1=CC=C=C(N)C(C(N)=O)=C1. The molecule has 1 amide bonds. The second-order valence-corrected chi connectivity index (χ2v) is 2.56. The van der Waals surface area contributed by atoms with Crippen molar-refractivity contribution in [2.45, 2.75) is 6.92 Å². The van der Waals surface area contributed by atoms with Crippen LogP contribution in [-0.4, -0.2) is 5.91 Å². The quantitative estimate of drug-likeness (QED) is 0.546. The van der Waals surface area contributed by atoms with Gasteiger partial charge in [-0.3, -0.25) is 4.79 Å². The third-order valence-electron chi connectivity index (χ3n) is 1.51. The van der Waals surface area contributed by atoms with Gasteiger partial charge in [0, 0.05) is 0 Å². The van der Waals surface area contributed by atoms with Crippen LogP contribution in [0, 0.1) is 0 Å². The molecular weight excluding hydrogens is 152 g/mol. The number of amides is 1. The monoisotopic (exact) mass is 162 g/mol. The summed E-state index contributed by atoms with van der Waals surface area (Å²) in [6, 6.07) is 0. The first kappa shape index (κ1) is 8.37. The lowest BCUT2D eigenvalue weighted by Crippen LogP contribution is -2.18. The van der Waals surface area contributed by atoms with Crippen LogP contribution in [0.3, 0.4) is 0 Å². The fraction of sp³-hybridized carbons (Fsp3) is 0.111. The largest absolute Gasteiger partial charge is 0.392 e. The molecule has 0 aromatic rings. The van der Waals surface area contributed by atoms with E-state index in [2.05, 4.69) is 5.73 Å². The van der Waals surface area contributed by atoms with Crippen molar-refractivity contribution in [3.8, 4) is 0 Å². The van der Waals surface area contributed by atoms with Crippen LogP contribution in [0.1, 0.15) is 6.92 Å². The molecule has 1 aliphatic carbocycles. The van der Waals surface area contributed by atoms with E-state index in [-0.39, 0.29) is 5.70 Å². The highest BCUT2D eigenvalue weighted by Gasteiger charge is 2.08. The van der Waals surface area contributed by atoms with Crippen molar-refractivity contribution < 1.29 is 4.79 Å². The molecule has 0 heterocycles. The summed E-state index contributed by atoms with van der Waals surface area (Å²) in [7, 11) is 0. The Morgan fingerprint density at radius 2 is 2.25 bits per heavy atom. The fourth-order valence-electron chi connectivity index (χ4n) is 0.898. The number of carbonyl (C=O) groups is 1. The Kier molecular flexibility index (Phi) is 2.17. The molecule has 0 radical (unpaired) electrons. The number of nitrogens with two attached hydrogens (primary N) is 2. The van der Waals surface area contributed by atoms with Gasteiger partial charge in [-0.05, 0) is 24.6 Å². The maximum atomic E-state index is 10.8. The second kappa shape index (κ2) is 3.11. The topological polar surface area (TPSA) is 69.1 Å². The third-order valence-corrected chi connectivity index (χ3v) is 1.51. The number of hydrogen-bond donors (Lipinski definition) is 2. The van der Waals surface area contributed by atoms with Crippen molar-refractivity contribution in [3.05, 3.63) is 40.8 Å². The Hall–Kier alpha value is -1.73. The molecule has 0 aromatic carbocycles. The van der Waals surface area contributed by atoms with Crippen LogP contribution in [-0.2, 0) is 4.79 Å². The van der Waals surface area contributed by atoms with Gasteiger partial charge in [-0.2, -0.15) is 0 Å². The summed E-state index contributed by atoms with van der Waals surface area (Å²) in [5.74, 6) is -0.525. The van der Waals surface area contributed by atoms with Gasteiger partial charge in [-0.1, -0.05) is 11.8 Å². The van der Waals surface area contributed by atoms with E-state index in [0.29, 0.717) is 5.57 Å². The van der Waals surface area contributed by atoms with Gasteiger partial charge < -0.3 is 11.5 Å². The first-order valence-corrected chi connectivity index (χ1v) is 3.52. The maximum Gasteiger partial charge on any atom is 0.251 e. The number of rotatable bonds is 1. The molecule has 0 spiro atoms. The fourth-order valence-corrected chi connectivity index (χ4v) is 0.898. The third kappa shape index (κ3) is 1.65. The molecule has 12 heavy (non-hydrogen) atoms. The van der Waals surface area contributed by atoms with Crippen LogP contribution >= 0.6 is 0 Å². The highest BCUT2D eigenvalue weighted by Crippen LogP contribution is 2.09. The predicted molar refractivity (Wildman–Crippen MR) is 46.8 cm³/mol. The lowest BCUT2D eigenvalue weighted by molar-refractivity contribution is -0.114. The minimum atomic E-state index is -0.525. The summed E-state index contributed by atoms with van der Waals surface area (Å²) < 4.78 is 0. The van der Waals surface area contributed by atoms with Crippen molar-refractivity contribution in [1.29, 1.82) is 0 Å². The number of allylic oxidation sites excluding steroid dienone is 3. The molecule has 0 saturated heterocycles. The van der Waals surface area contributed by atoms with Crippen molar-refractivity contribution in [2.24, 2.45) is 11.5 Å². The van der Waals surface area contributed by atoms with Crippen molar-refractivity contribution >= 4 is 5.91 Å². The van der Waals surface area contributed by atoms with Gasteiger partial charge in [0.15, 0.2) is 0 Å². The van der Waals surface area contributed by atoms with Gasteiger partial charge in [0.25, 0.3) is 5.91 Å². The molecule has 0 aromatic heterocycles. The summed E-state index contributed by atoms with van der Waals surface area (Å²) in [6.45, 7) is 1.86. The number of hydrogen-bond acceptors (Lipinski definition) is 2. The molecule has 0 bridgehead atoms. The zero-order valence-corrected chi connectivity index (χ0v) is 6.79. The molecule has 0 fully saturated rings. The van der Waals surface area contributed by atoms with Crippen LogP contribution in [0.15, 0.2) is 40.8 Å².